The fraction of sp³-hybridized carbons (Fsp3) is 0.200. The molecule has 1 N–H and O–H groups in total. The van der Waals surface area contributed by atoms with Crippen molar-refractivity contribution < 1.29 is 14.7 Å². The molecule has 0 saturated heterocycles. The first kappa shape index (κ1) is 13.1. The predicted molar refractivity (Wildman–Crippen MR) is 72.2 cm³/mol. The Hall–Kier alpha value is -2.36. The highest BCUT2D eigenvalue weighted by molar-refractivity contribution is 5.97. The van der Waals surface area contributed by atoms with Crippen molar-refractivity contribution in [1.82, 2.24) is 4.57 Å². The first-order valence-corrected chi connectivity index (χ1v) is 5.95. The summed E-state index contributed by atoms with van der Waals surface area (Å²) in [5.41, 5.74) is 3.35. The molecule has 0 aliphatic heterocycles. The SMILES string of the molecule is CC(=O)c1cc(C(=O)O)n(-c2cccc(C)c2C)c1. The average molecular weight is 257 g/mol. The average Bonchev–Trinajstić information content (AvgIpc) is 2.77. The van der Waals surface area contributed by atoms with Gasteiger partial charge >= 0.3 is 5.97 Å². The molecule has 0 amide bonds. The van der Waals surface area contributed by atoms with E-state index in [1.54, 1.807) is 10.8 Å². The third kappa shape index (κ3) is 2.29. The van der Waals surface area contributed by atoms with Gasteiger partial charge in [-0.1, -0.05) is 12.1 Å². The van der Waals surface area contributed by atoms with Crippen LogP contribution in [-0.2, 0) is 0 Å². The fourth-order valence-electron chi connectivity index (χ4n) is 2.02. The third-order valence-corrected chi connectivity index (χ3v) is 3.28. The Morgan fingerprint density at radius 3 is 2.47 bits per heavy atom. The van der Waals surface area contributed by atoms with Crippen molar-refractivity contribution in [3.8, 4) is 5.69 Å². The molecule has 1 heterocycles. The van der Waals surface area contributed by atoms with Crippen LogP contribution in [0.5, 0.6) is 0 Å². The van der Waals surface area contributed by atoms with Gasteiger partial charge in [0.15, 0.2) is 5.78 Å². The van der Waals surface area contributed by atoms with Crippen molar-refractivity contribution >= 4 is 11.8 Å². The molecule has 0 bridgehead atoms. The van der Waals surface area contributed by atoms with E-state index >= 15 is 0 Å². The van der Waals surface area contributed by atoms with E-state index in [1.165, 1.54) is 13.0 Å². The van der Waals surface area contributed by atoms with Gasteiger partial charge in [-0.2, -0.15) is 0 Å². The lowest BCUT2D eigenvalue weighted by atomic mass is 10.1. The van der Waals surface area contributed by atoms with Gasteiger partial charge in [-0.25, -0.2) is 4.79 Å². The van der Waals surface area contributed by atoms with Gasteiger partial charge in [0.1, 0.15) is 5.69 Å². The van der Waals surface area contributed by atoms with Gasteiger partial charge in [-0.3, -0.25) is 4.79 Å². The minimum absolute atomic E-state index is 0.0962. The largest absolute Gasteiger partial charge is 0.477 e. The predicted octanol–water partition coefficient (Wildman–Crippen LogP) is 2.99. The standard InChI is InChI=1S/C15H15NO3/c1-9-5-4-6-13(10(9)2)16-8-12(11(3)17)7-14(16)15(18)19/h4-8H,1-3H3,(H,18,19). The van der Waals surface area contributed by atoms with Crippen LogP contribution >= 0.6 is 0 Å². The summed E-state index contributed by atoms with van der Waals surface area (Å²) in [6.45, 7) is 5.33. The molecule has 4 heteroatoms. The molecule has 1 aromatic heterocycles. The molecule has 0 unspecified atom stereocenters. The number of hydrogen-bond acceptors (Lipinski definition) is 2. The van der Waals surface area contributed by atoms with Gasteiger partial charge in [0, 0.05) is 17.4 Å². The van der Waals surface area contributed by atoms with E-state index < -0.39 is 5.97 Å². The molecule has 1 aromatic carbocycles. The summed E-state index contributed by atoms with van der Waals surface area (Å²) in [6.07, 6.45) is 1.58. The summed E-state index contributed by atoms with van der Waals surface area (Å²) >= 11 is 0. The number of aromatic carboxylic acids is 1. The van der Waals surface area contributed by atoms with E-state index in [2.05, 4.69) is 0 Å². The molecule has 0 fully saturated rings. The second-order valence-electron chi connectivity index (χ2n) is 4.56. The molecule has 0 atom stereocenters. The minimum Gasteiger partial charge on any atom is -0.477 e. The Kier molecular flexibility index (Phi) is 3.25. The van der Waals surface area contributed by atoms with Crippen molar-refractivity contribution in [1.29, 1.82) is 0 Å². The number of aromatic nitrogens is 1. The Balaban J connectivity index is 2.70. The number of benzene rings is 1. The number of carbonyl (C=O) groups excluding carboxylic acids is 1. The zero-order valence-electron chi connectivity index (χ0n) is 11.1. The van der Waals surface area contributed by atoms with Gasteiger partial charge in [-0.15, -0.1) is 0 Å². The number of carbonyl (C=O) groups is 2. The number of carboxylic acids is 1. The van der Waals surface area contributed by atoms with E-state index in [9.17, 15) is 14.7 Å². The molecule has 0 aliphatic carbocycles. The highest BCUT2D eigenvalue weighted by Gasteiger charge is 2.17. The maximum absolute atomic E-state index is 11.4. The molecule has 0 saturated carbocycles. The van der Waals surface area contributed by atoms with Gasteiger partial charge in [0.05, 0.1) is 0 Å². The quantitative estimate of drug-likeness (QED) is 0.860. The molecule has 2 rings (SSSR count). The van der Waals surface area contributed by atoms with Crippen LogP contribution in [0.2, 0.25) is 0 Å². The zero-order chi connectivity index (χ0) is 14.2. The van der Waals surface area contributed by atoms with E-state index in [1.807, 2.05) is 32.0 Å². The molecule has 0 aliphatic rings. The van der Waals surface area contributed by atoms with Crippen LogP contribution in [0.3, 0.4) is 0 Å². The number of rotatable bonds is 3. The van der Waals surface area contributed by atoms with Crippen molar-refractivity contribution in [2.24, 2.45) is 0 Å². The van der Waals surface area contributed by atoms with Crippen LogP contribution in [0.25, 0.3) is 5.69 Å². The smallest absolute Gasteiger partial charge is 0.352 e. The number of hydrogen-bond donors (Lipinski definition) is 1. The van der Waals surface area contributed by atoms with Gasteiger partial charge in [0.2, 0.25) is 0 Å². The number of Topliss-reactive ketones (excluding diaryl/α,β-unsaturated/α-hetero) is 1. The zero-order valence-corrected chi connectivity index (χ0v) is 11.1. The molecule has 98 valence electrons. The Bertz CT molecular complexity index is 668. The van der Waals surface area contributed by atoms with Gasteiger partial charge in [-0.05, 0) is 44.0 Å². The molecule has 4 nitrogen and oxygen atoms in total. The second kappa shape index (κ2) is 4.72. The number of ketones is 1. The van der Waals surface area contributed by atoms with Crippen LogP contribution < -0.4 is 0 Å². The van der Waals surface area contributed by atoms with Crippen molar-refractivity contribution in [3.63, 3.8) is 0 Å². The molecular formula is C15H15NO3. The normalized spacial score (nSPS) is 10.5. The summed E-state index contributed by atoms with van der Waals surface area (Å²) < 4.78 is 1.56. The lowest BCUT2D eigenvalue weighted by molar-refractivity contribution is 0.0688. The first-order chi connectivity index (χ1) is 8.91. The highest BCUT2D eigenvalue weighted by atomic mass is 16.4. The molecule has 2 aromatic rings. The van der Waals surface area contributed by atoms with Gasteiger partial charge in [0.25, 0.3) is 0 Å². The molecule has 0 spiro atoms. The van der Waals surface area contributed by atoms with Crippen molar-refractivity contribution in [2.75, 3.05) is 0 Å². The summed E-state index contributed by atoms with van der Waals surface area (Å²) in [5.74, 6) is -1.19. The lowest BCUT2D eigenvalue weighted by Crippen LogP contribution is -2.07. The van der Waals surface area contributed by atoms with Crippen molar-refractivity contribution in [2.45, 2.75) is 20.8 Å². The maximum Gasteiger partial charge on any atom is 0.352 e. The van der Waals surface area contributed by atoms with E-state index in [-0.39, 0.29) is 11.5 Å². The Morgan fingerprint density at radius 2 is 1.89 bits per heavy atom. The van der Waals surface area contributed by atoms with Crippen LogP contribution in [0.15, 0.2) is 30.5 Å². The Morgan fingerprint density at radius 1 is 1.21 bits per heavy atom. The monoisotopic (exact) mass is 257 g/mol. The van der Waals surface area contributed by atoms with Crippen LogP contribution in [0, 0.1) is 13.8 Å². The number of nitrogens with zero attached hydrogens (tertiary/aromatic N) is 1. The maximum atomic E-state index is 11.4. The number of aryl methyl sites for hydroxylation is 1. The highest BCUT2D eigenvalue weighted by Crippen LogP contribution is 2.22. The van der Waals surface area contributed by atoms with Crippen LogP contribution in [0.4, 0.5) is 0 Å². The van der Waals surface area contributed by atoms with E-state index in [4.69, 9.17) is 0 Å². The second-order valence-corrected chi connectivity index (χ2v) is 4.56. The molecule has 0 radical (unpaired) electrons. The first-order valence-electron chi connectivity index (χ1n) is 5.95. The summed E-state index contributed by atoms with van der Waals surface area (Å²) in [4.78, 5) is 22.7. The summed E-state index contributed by atoms with van der Waals surface area (Å²) in [7, 11) is 0. The lowest BCUT2D eigenvalue weighted by Gasteiger charge is -2.11. The molecular weight excluding hydrogens is 242 g/mol. The van der Waals surface area contributed by atoms with Crippen LogP contribution in [-0.4, -0.2) is 21.4 Å². The summed E-state index contributed by atoms with van der Waals surface area (Å²) in [6, 6.07) is 7.09. The minimum atomic E-state index is -1.05. The van der Waals surface area contributed by atoms with Gasteiger partial charge < -0.3 is 9.67 Å². The van der Waals surface area contributed by atoms with E-state index in [0.29, 0.717) is 5.56 Å². The molecule has 19 heavy (non-hydrogen) atoms. The Labute approximate surface area is 111 Å². The van der Waals surface area contributed by atoms with Crippen LogP contribution in [0.1, 0.15) is 38.9 Å². The van der Waals surface area contributed by atoms with E-state index in [0.717, 1.165) is 16.8 Å². The number of carboxylic acid groups (broad SMARTS) is 1. The summed E-state index contributed by atoms with van der Waals surface area (Å²) in [5, 5.41) is 9.25. The fourth-order valence-corrected chi connectivity index (χ4v) is 2.02. The topological polar surface area (TPSA) is 59.3 Å². The third-order valence-electron chi connectivity index (χ3n) is 3.28. The van der Waals surface area contributed by atoms with Crippen molar-refractivity contribution in [3.05, 3.63) is 52.8 Å².